The van der Waals surface area contributed by atoms with E-state index in [0.717, 1.165) is 31.9 Å². The van der Waals surface area contributed by atoms with Gasteiger partial charge in [0.05, 0.1) is 16.6 Å². The van der Waals surface area contributed by atoms with Gasteiger partial charge in [-0.25, -0.2) is 9.97 Å². The Balaban J connectivity index is 1.52. The summed E-state index contributed by atoms with van der Waals surface area (Å²) in [5.74, 6) is 0.966. The third-order valence-electron chi connectivity index (χ3n) is 6.04. The van der Waals surface area contributed by atoms with Gasteiger partial charge in [0.2, 0.25) is 5.95 Å². The number of aliphatic hydroxyl groups is 1. The maximum absolute atomic E-state index is 10.4. The van der Waals surface area contributed by atoms with Crippen LogP contribution in [-0.4, -0.2) is 43.9 Å². The molecular weight excluding hydrogens is 466 g/mol. The number of hydrogen-bond donors (Lipinski definition) is 3. The summed E-state index contributed by atoms with van der Waals surface area (Å²) >= 11 is 0. The smallest absolute Gasteiger partial charge is 0.229 e. The van der Waals surface area contributed by atoms with Crippen LogP contribution in [0.3, 0.4) is 0 Å². The van der Waals surface area contributed by atoms with Gasteiger partial charge in [0.25, 0.3) is 0 Å². The number of aromatic nitrogens is 4. The molecule has 0 saturated heterocycles. The van der Waals surface area contributed by atoms with Crippen LogP contribution in [0.1, 0.15) is 50.9 Å². The lowest BCUT2D eigenvalue weighted by Crippen LogP contribution is -2.26. The van der Waals surface area contributed by atoms with Crippen molar-refractivity contribution in [3.8, 4) is 11.9 Å². The number of rotatable bonds is 11. The highest BCUT2D eigenvalue weighted by Crippen LogP contribution is 2.25. The maximum atomic E-state index is 10.4. The number of benzene rings is 1. The minimum atomic E-state index is -1.10. The molecule has 9 heteroatoms. The van der Waals surface area contributed by atoms with Crippen LogP contribution in [0, 0.1) is 11.3 Å². The van der Waals surface area contributed by atoms with Crippen LogP contribution < -0.4 is 10.6 Å². The second-order valence-corrected chi connectivity index (χ2v) is 9.48. The molecule has 9 nitrogen and oxygen atoms in total. The van der Waals surface area contributed by atoms with E-state index in [9.17, 15) is 10.4 Å². The average molecular weight is 500 g/mol. The summed E-state index contributed by atoms with van der Waals surface area (Å²) in [5, 5.41) is 27.4. The molecule has 0 spiro atoms. The summed E-state index contributed by atoms with van der Waals surface area (Å²) in [5.41, 5.74) is 2.46. The van der Waals surface area contributed by atoms with Gasteiger partial charge in [-0.1, -0.05) is 18.2 Å². The fraction of sp³-hybridized carbons (Fsp3) is 0.357. The molecule has 3 N–H and O–H groups in total. The van der Waals surface area contributed by atoms with Crippen molar-refractivity contribution in [3.05, 3.63) is 71.7 Å². The standard InChI is InChI=1S/C28H33N7O2/c1-5-37-14-13-19(2)30-16-20-9-11-22(12-10-20)32-27-31-17-23-21(15-29)18-35(26(23)34-27)25-8-6-7-24(33-25)28(3,4)36/h6-12,17-19,30,36H,5,13-14,16H2,1-4H3,(H,31,32,34). The number of pyridine rings is 1. The van der Waals surface area contributed by atoms with Gasteiger partial charge >= 0.3 is 0 Å². The first-order valence-electron chi connectivity index (χ1n) is 12.4. The van der Waals surface area contributed by atoms with Crippen molar-refractivity contribution in [2.75, 3.05) is 18.5 Å². The number of hydrogen-bond acceptors (Lipinski definition) is 8. The van der Waals surface area contributed by atoms with Crippen molar-refractivity contribution >= 4 is 22.7 Å². The number of ether oxygens (including phenoxy) is 1. The van der Waals surface area contributed by atoms with Crippen molar-refractivity contribution in [1.29, 1.82) is 5.26 Å². The fourth-order valence-corrected chi connectivity index (χ4v) is 3.86. The molecule has 192 valence electrons. The molecule has 1 aromatic carbocycles. The Kier molecular flexibility index (Phi) is 8.14. The first-order valence-corrected chi connectivity index (χ1v) is 12.4. The van der Waals surface area contributed by atoms with Crippen molar-refractivity contribution in [3.63, 3.8) is 0 Å². The number of nitriles is 1. The van der Waals surface area contributed by atoms with Crippen LogP contribution in [0.5, 0.6) is 0 Å². The number of anilines is 2. The van der Waals surface area contributed by atoms with Gasteiger partial charge in [-0.05, 0) is 63.9 Å². The van der Waals surface area contributed by atoms with Crippen LogP contribution in [-0.2, 0) is 16.9 Å². The van der Waals surface area contributed by atoms with E-state index in [1.54, 1.807) is 36.9 Å². The molecule has 0 saturated carbocycles. The molecule has 1 atom stereocenters. The van der Waals surface area contributed by atoms with Crippen molar-refractivity contribution < 1.29 is 9.84 Å². The van der Waals surface area contributed by atoms with Gasteiger partial charge in [0.15, 0.2) is 5.65 Å². The van der Waals surface area contributed by atoms with E-state index >= 15 is 0 Å². The van der Waals surface area contributed by atoms with Crippen molar-refractivity contribution in [1.82, 2.24) is 24.8 Å². The molecule has 1 unspecified atom stereocenters. The van der Waals surface area contributed by atoms with E-state index in [0.29, 0.717) is 40.1 Å². The zero-order valence-corrected chi connectivity index (χ0v) is 21.7. The third-order valence-corrected chi connectivity index (χ3v) is 6.04. The predicted molar refractivity (Wildman–Crippen MR) is 144 cm³/mol. The molecule has 0 aliphatic heterocycles. The van der Waals surface area contributed by atoms with Gasteiger partial charge in [0.1, 0.15) is 17.5 Å². The second-order valence-electron chi connectivity index (χ2n) is 9.48. The Morgan fingerprint density at radius 1 is 1.16 bits per heavy atom. The molecule has 0 aliphatic carbocycles. The minimum Gasteiger partial charge on any atom is -0.384 e. The van der Waals surface area contributed by atoms with Crippen LogP contribution >= 0.6 is 0 Å². The van der Waals surface area contributed by atoms with Gasteiger partial charge in [-0.15, -0.1) is 0 Å². The minimum absolute atomic E-state index is 0.373. The Morgan fingerprint density at radius 3 is 2.65 bits per heavy atom. The summed E-state index contributed by atoms with van der Waals surface area (Å²) in [6, 6.07) is 16.1. The van der Waals surface area contributed by atoms with E-state index in [-0.39, 0.29) is 0 Å². The van der Waals surface area contributed by atoms with E-state index in [2.05, 4.69) is 50.7 Å². The van der Waals surface area contributed by atoms with Crippen LogP contribution in [0.15, 0.2) is 54.9 Å². The molecule has 4 aromatic rings. The SMILES string of the molecule is CCOCCC(C)NCc1ccc(Nc2ncc3c(C#N)cn(-c4cccc(C(C)(C)O)n4)c3n2)cc1. The lowest BCUT2D eigenvalue weighted by molar-refractivity contribution is 0.0738. The summed E-state index contributed by atoms with van der Waals surface area (Å²) in [6.45, 7) is 9.81. The molecule has 0 radical (unpaired) electrons. The zero-order chi connectivity index (χ0) is 26.4. The maximum Gasteiger partial charge on any atom is 0.229 e. The van der Waals surface area contributed by atoms with Gasteiger partial charge in [-0.3, -0.25) is 4.57 Å². The molecule has 0 fully saturated rings. The number of fused-ring (bicyclic) bond motifs is 1. The van der Waals surface area contributed by atoms with E-state index < -0.39 is 5.60 Å². The first-order chi connectivity index (χ1) is 17.8. The quantitative estimate of drug-likeness (QED) is 0.257. The van der Waals surface area contributed by atoms with Crippen molar-refractivity contribution in [2.45, 2.75) is 52.3 Å². The Labute approximate surface area is 217 Å². The monoisotopic (exact) mass is 499 g/mol. The van der Waals surface area contributed by atoms with Crippen LogP contribution in [0.2, 0.25) is 0 Å². The summed E-state index contributed by atoms with van der Waals surface area (Å²) < 4.78 is 7.17. The number of nitrogens with zero attached hydrogens (tertiary/aromatic N) is 5. The normalized spacial score (nSPS) is 12.4. The molecule has 3 aromatic heterocycles. The highest BCUT2D eigenvalue weighted by atomic mass is 16.5. The van der Waals surface area contributed by atoms with Crippen LogP contribution in [0.25, 0.3) is 16.9 Å². The summed E-state index contributed by atoms with van der Waals surface area (Å²) in [6.07, 6.45) is 4.30. The molecule has 0 amide bonds. The highest BCUT2D eigenvalue weighted by Gasteiger charge is 2.20. The first kappa shape index (κ1) is 26.2. The van der Waals surface area contributed by atoms with Gasteiger partial charge < -0.3 is 20.5 Å². The van der Waals surface area contributed by atoms with Gasteiger partial charge in [-0.2, -0.15) is 10.2 Å². The molecule has 0 aliphatic rings. The lowest BCUT2D eigenvalue weighted by atomic mass is 10.1. The summed E-state index contributed by atoms with van der Waals surface area (Å²) in [4.78, 5) is 13.7. The molecule has 4 rings (SSSR count). The Bertz CT molecular complexity index is 1380. The molecule has 0 bridgehead atoms. The fourth-order valence-electron chi connectivity index (χ4n) is 3.86. The van der Waals surface area contributed by atoms with Crippen molar-refractivity contribution in [2.24, 2.45) is 0 Å². The molecule has 37 heavy (non-hydrogen) atoms. The van der Waals surface area contributed by atoms with E-state index in [4.69, 9.17) is 4.74 Å². The average Bonchev–Trinajstić information content (AvgIpc) is 3.26. The highest BCUT2D eigenvalue weighted by molar-refractivity contribution is 5.85. The largest absolute Gasteiger partial charge is 0.384 e. The Hall–Kier alpha value is -3.84. The summed E-state index contributed by atoms with van der Waals surface area (Å²) in [7, 11) is 0. The van der Waals surface area contributed by atoms with Crippen LogP contribution in [0.4, 0.5) is 11.6 Å². The molecular formula is C28H33N7O2. The van der Waals surface area contributed by atoms with Gasteiger partial charge in [0, 0.05) is 43.9 Å². The third kappa shape index (κ3) is 6.49. The Morgan fingerprint density at radius 2 is 1.95 bits per heavy atom. The second kappa shape index (κ2) is 11.5. The lowest BCUT2D eigenvalue weighted by Gasteiger charge is -2.17. The number of nitrogens with one attached hydrogen (secondary N) is 2. The zero-order valence-electron chi connectivity index (χ0n) is 21.7. The predicted octanol–water partition coefficient (Wildman–Crippen LogP) is 4.56. The van der Waals surface area contributed by atoms with E-state index in [1.807, 2.05) is 31.2 Å². The topological polar surface area (TPSA) is 121 Å². The van der Waals surface area contributed by atoms with E-state index in [1.165, 1.54) is 5.56 Å². The molecule has 3 heterocycles.